The van der Waals surface area contributed by atoms with Crippen LogP contribution in [0.2, 0.25) is 0 Å². The Labute approximate surface area is 92.5 Å². The Balaban J connectivity index is 0.000000245. The van der Waals surface area contributed by atoms with Gasteiger partial charge >= 0.3 is 0 Å². The van der Waals surface area contributed by atoms with Gasteiger partial charge in [-0.15, -0.1) is 5.10 Å². The number of nitrogens with zero attached hydrogens (tertiary/aromatic N) is 4. The molecular formula is C11H22N4. The number of rotatable bonds is 1. The van der Waals surface area contributed by atoms with Crippen molar-refractivity contribution in [1.82, 2.24) is 4.90 Å². The Morgan fingerprint density at radius 1 is 1.33 bits per heavy atom. The summed E-state index contributed by atoms with van der Waals surface area (Å²) in [5.74, 6) is 0. The zero-order chi connectivity index (χ0) is 11.1. The van der Waals surface area contributed by atoms with Crippen LogP contribution in [0, 0.1) is 0 Å². The third kappa shape index (κ3) is 4.08. The van der Waals surface area contributed by atoms with Gasteiger partial charge in [0.05, 0.1) is 5.71 Å². The fourth-order valence-corrected chi connectivity index (χ4v) is 1.55. The van der Waals surface area contributed by atoms with Crippen LogP contribution in [-0.4, -0.2) is 36.8 Å². The van der Waals surface area contributed by atoms with E-state index in [2.05, 4.69) is 41.2 Å². The molecule has 1 fully saturated rings. The Morgan fingerprint density at radius 2 is 2.07 bits per heavy atom. The van der Waals surface area contributed by atoms with E-state index in [1.165, 1.54) is 19.3 Å². The monoisotopic (exact) mass is 210 g/mol. The third-order valence-electron chi connectivity index (χ3n) is 2.70. The lowest BCUT2D eigenvalue weighted by Gasteiger charge is -2.11. The third-order valence-corrected chi connectivity index (χ3v) is 2.70. The first-order valence-electron chi connectivity index (χ1n) is 5.93. The maximum absolute atomic E-state index is 4.05. The molecule has 1 unspecified atom stereocenters. The molecule has 0 bridgehead atoms. The molecule has 1 atom stereocenters. The van der Waals surface area contributed by atoms with Gasteiger partial charge in [0.2, 0.25) is 0 Å². The van der Waals surface area contributed by atoms with Crippen LogP contribution in [0.5, 0.6) is 0 Å². The minimum Gasteiger partial charge on any atom is -0.301 e. The van der Waals surface area contributed by atoms with Gasteiger partial charge in [0.15, 0.2) is 0 Å². The zero-order valence-corrected chi connectivity index (χ0v) is 10.1. The minimum atomic E-state index is 0.306. The Hall–Kier alpha value is -0.770. The van der Waals surface area contributed by atoms with E-state index in [1.807, 2.05) is 0 Å². The molecule has 0 aromatic rings. The highest BCUT2D eigenvalue weighted by atomic mass is 15.4. The Kier molecular flexibility index (Phi) is 5.47. The molecule has 0 radical (unpaired) electrons. The molecule has 86 valence electrons. The molecule has 2 aliphatic heterocycles. The molecule has 0 aromatic heterocycles. The quantitative estimate of drug-likeness (QED) is 0.656. The van der Waals surface area contributed by atoms with Crippen LogP contribution in [-0.2, 0) is 0 Å². The van der Waals surface area contributed by atoms with Crippen LogP contribution in [0.25, 0.3) is 0 Å². The largest absolute Gasteiger partial charge is 0.301 e. The fourth-order valence-electron chi connectivity index (χ4n) is 1.55. The van der Waals surface area contributed by atoms with Gasteiger partial charge in [0.1, 0.15) is 6.04 Å². The van der Waals surface area contributed by atoms with Gasteiger partial charge in [-0.25, -0.2) is 0 Å². The van der Waals surface area contributed by atoms with Gasteiger partial charge in [-0.3, -0.25) is 0 Å². The van der Waals surface area contributed by atoms with Gasteiger partial charge in [-0.2, -0.15) is 5.11 Å². The maximum atomic E-state index is 4.05. The summed E-state index contributed by atoms with van der Waals surface area (Å²) in [6.45, 7) is 6.46. The normalized spacial score (nSPS) is 25.0. The molecule has 4 heteroatoms. The number of fused-ring (bicyclic) bond motifs is 1. The lowest BCUT2D eigenvalue weighted by Crippen LogP contribution is -2.27. The molecular weight excluding hydrogens is 188 g/mol. The molecule has 2 aliphatic rings. The standard InChI is InChI=1S/C7H12N4.C4H10/c1-11-4-2-3-6-7(5-11)9-10-8-6;1-3-4-2/h6H,2-5H2,1H3;3-4H2,1-2H3. The van der Waals surface area contributed by atoms with Crippen molar-refractivity contribution in [3.05, 3.63) is 0 Å². The summed E-state index contributed by atoms with van der Waals surface area (Å²) < 4.78 is 0. The number of likely N-dealkylation sites (tertiary alicyclic amines) is 1. The summed E-state index contributed by atoms with van der Waals surface area (Å²) in [5, 5.41) is 11.7. The van der Waals surface area contributed by atoms with E-state index < -0.39 is 0 Å². The van der Waals surface area contributed by atoms with E-state index in [-0.39, 0.29) is 0 Å². The average Bonchev–Trinajstić information content (AvgIpc) is 2.59. The molecule has 0 saturated carbocycles. The predicted molar refractivity (Wildman–Crippen MR) is 63.4 cm³/mol. The number of hydrogen-bond donors (Lipinski definition) is 0. The summed E-state index contributed by atoms with van der Waals surface area (Å²) in [4.78, 5) is 2.27. The van der Waals surface area contributed by atoms with Crippen LogP contribution in [0.1, 0.15) is 39.5 Å². The molecule has 0 spiro atoms. The summed E-state index contributed by atoms with van der Waals surface area (Å²) in [6, 6.07) is 0.306. The first-order chi connectivity index (χ1) is 7.27. The van der Waals surface area contributed by atoms with Crippen molar-refractivity contribution in [2.45, 2.75) is 45.6 Å². The number of unbranched alkanes of at least 4 members (excludes halogenated alkanes) is 1. The van der Waals surface area contributed by atoms with E-state index >= 15 is 0 Å². The van der Waals surface area contributed by atoms with E-state index in [9.17, 15) is 0 Å². The van der Waals surface area contributed by atoms with Crippen LogP contribution in [0.15, 0.2) is 15.4 Å². The van der Waals surface area contributed by atoms with Gasteiger partial charge in [0, 0.05) is 6.54 Å². The summed E-state index contributed by atoms with van der Waals surface area (Å²) in [7, 11) is 2.11. The lowest BCUT2D eigenvalue weighted by atomic mass is 10.1. The fraction of sp³-hybridized carbons (Fsp3) is 0.909. The second-order valence-corrected chi connectivity index (χ2v) is 4.19. The van der Waals surface area contributed by atoms with Crippen molar-refractivity contribution < 1.29 is 0 Å². The Morgan fingerprint density at radius 3 is 2.73 bits per heavy atom. The summed E-state index contributed by atoms with van der Waals surface area (Å²) in [5.41, 5.74) is 1.14. The van der Waals surface area contributed by atoms with Crippen molar-refractivity contribution in [1.29, 1.82) is 0 Å². The van der Waals surface area contributed by atoms with Gasteiger partial charge in [-0.1, -0.05) is 26.7 Å². The topological polar surface area (TPSA) is 40.3 Å². The summed E-state index contributed by atoms with van der Waals surface area (Å²) in [6.07, 6.45) is 4.96. The molecule has 0 aromatic carbocycles. The molecule has 2 rings (SSSR count). The Bertz CT molecular complexity index is 233. The highest BCUT2D eigenvalue weighted by Crippen LogP contribution is 2.15. The molecule has 0 amide bonds. The van der Waals surface area contributed by atoms with Crippen LogP contribution < -0.4 is 0 Å². The van der Waals surface area contributed by atoms with Crippen molar-refractivity contribution in [3.8, 4) is 0 Å². The lowest BCUT2D eigenvalue weighted by molar-refractivity contribution is 0.381. The predicted octanol–water partition coefficient (Wildman–Crippen LogP) is 2.71. The first kappa shape index (κ1) is 12.3. The second-order valence-electron chi connectivity index (χ2n) is 4.19. The van der Waals surface area contributed by atoms with Crippen molar-refractivity contribution >= 4 is 5.71 Å². The van der Waals surface area contributed by atoms with Gasteiger partial charge in [0.25, 0.3) is 0 Å². The second kappa shape index (κ2) is 6.67. The molecule has 2 heterocycles. The zero-order valence-electron chi connectivity index (χ0n) is 10.1. The molecule has 1 saturated heterocycles. The van der Waals surface area contributed by atoms with Crippen molar-refractivity contribution in [3.63, 3.8) is 0 Å². The summed E-state index contributed by atoms with van der Waals surface area (Å²) >= 11 is 0. The van der Waals surface area contributed by atoms with Crippen molar-refractivity contribution in [2.75, 3.05) is 20.1 Å². The van der Waals surface area contributed by atoms with Crippen LogP contribution in [0.4, 0.5) is 0 Å². The highest BCUT2D eigenvalue weighted by Gasteiger charge is 2.23. The average molecular weight is 210 g/mol. The smallest absolute Gasteiger partial charge is 0.114 e. The van der Waals surface area contributed by atoms with E-state index in [0.29, 0.717) is 6.04 Å². The SMILES string of the molecule is CCCC.CN1CCCC2N=NN=C2C1. The van der Waals surface area contributed by atoms with E-state index in [1.54, 1.807) is 0 Å². The maximum Gasteiger partial charge on any atom is 0.114 e. The van der Waals surface area contributed by atoms with Gasteiger partial charge < -0.3 is 4.90 Å². The minimum absolute atomic E-state index is 0.306. The molecule has 0 aliphatic carbocycles. The molecule has 15 heavy (non-hydrogen) atoms. The van der Waals surface area contributed by atoms with Crippen LogP contribution >= 0.6 is 0 Å². The highest BCUT2D eigenvalue weighted by molar-refractivity contribution is 5.92. The van der Waals surface area contributed by atoms with E-state index in [4.69, 9.17) is 0 Å². The number of hydrogen-bond acceptors (Lipinski definition) is 4. The first-order valence-corrected chi connectivity index (χ1v) is 5.93. The molecule has 0 N–H and O–H groups in total. The van der Waals surface area contributed by atoms with E-state index in [0.717, 1.165) is 25.2 Å². The van der Waals surface area contributed by atoms with Gasteiger partial charge in [-0.05, 0) is 31.7 Å². The van der Waals surface area contributed by atoms with Crippen molar-refractivity contribution in [2.24, 2.45) is 15.4 Å². The molecule has 4 nitrogen and oxygen atoms in total. The van der Waals surface area contributed by atoms with Crippen LogP contribution in [0.3, 0.4) is 0 Å².